The van der Waals surface area contributed by atoms with E-state index in [9.17, 15) is 4.79 Å². The first-order chi connectivity index (χ1) is 20.0. The third-order valence-corrected chi connectivity index (χ3v) is 7.42. The van der Waals surface area contributed by atoms with Gasteiger partial charge in [-0.15, -0.1) is 0 Å². The van der Waals surface area contributed by atoms with Crippen molar-refractivity contribution in [2.24, 2.45) is 5.10 Å². The number of hydrogen-bond donors (Lipinski definition) is 0. The smallest absolute Gasteiger partial charge is 0.282 e. The summed E-state index contributed by atoms with van der Waals surface area (Å²) < 4.78 is 24.8. The molecular formula is C31H19BrClN3O5. The normalized spacial score (nSPS) is 12.5. The van der Waals surface area contributed by atoms with E-state index in [2.05, 4.69) is 21.0 Å². The minimum Gasteiger partial charge on any atom is -0.488 e. The lowest BCUT2D eigenvalue weighted by molar-refractivity contribution is 0.174. The lowest BCUT2D eigenvalue weighted by Crippen LogP contribution is -2.20. The predicted molar refractivity (Wildman–Crippen MR) is 160 cm³/mol. The number of rotatable bonds is 6. The molecule has 8 nitrogen and oxygen atoms in total. The highest BCUT2D eigenvalue weighted by atomic mass is 79.9. The average Bonchev–Trinajstić information content (AvgIpc) is 3.62. The molecule has 0 aliphatic carbocycles. The molecule has 0 spiro atoms. The van der Waals surface area contributed by atoms with Crippen molar-refractivity contribution in [2.75, 3.05) is 6.79 Å². The van der Waals surface area contributed by atoms with Gasteiger partial charge < -0.3 is 18.6 Å². The van der Waals surface area contributed by atoms with Gasteiger partial charge in [-0.2, -0.15) is 9.78 Å². The van der Waals surface area contributed by atoms with E-state index >= 15 is 0 Å². The molecule has 1 aliphatic heterocycles. The number of benzene rings is 4. The molecule has 0 unspecified atom stereocenters. The average molecular weight is 629 g/mol. The van der Waals surface area contributed by atoms with Gasteiger partial charge in [0, 0.05) is 10.4 Å². The van der Waals surface area contributed by atoms with E-state index in [1.165, 1.54) is 4.68 Å². The highest BCUT2D eigenvalue weighted by Gasteiger charge is 2.17. The number of aromatic nitrogens is 2. The molecule has 0 saturated heterocycles. The summed E-state index contributed by atoms with van der Waals surface area (Å²) in [5.41, 5.74) is 2.56. The van der Waals surface area contributed by atoms with Crippen molar-refractivity contribution < 1.29 is 18.6 Å². The molecule has 1 aliphatic rings. The third-order valence-electron chi connectivity index (χ3n) is 6.56. The summed E-state index contributed by atoms with van der Waals surface area (Å²) in [7, 11) is 0. The number of fused-ring (bicyclic) bond motifs is 3. The summed E-state index contributed by atoms with van der Waals surface area (Å²) in [5.74, 6) is 2.77. The molecular weight excluding hydrogens is 610 g/mol. The molecule has 0 saturated carbocycles. The summed E-state index contributed by atoms with van der Waals surface area (Å²) in [6.45, 7) is 0.580. The van der Waals surface area contributed by atoms with Crippen LogP contribution in [-0.2, 0) is 6.61 Å². The zero-order valence-electron chi connectivity index (χ0n) is 21.2. The van der Waals surface area contributed by atoms with E-state index < -0.39 is 0 Å². The quantitative estimate of drug-likeness (QED) is 0.179. The van der Waals surface area contributed by atoms with Crippen LogP contribution in [0.25, 0.3) is 33.5 Å². The molecule has 0 amide bonds. The van der Waals surface area contributed by atoms with Crippen LogP contribution in [0.5, 0.6) is 17.2 Å². The molecule has 3 heterocycles. The highest BCUT2D eigenvalue weighted by Crippen LogP contribution is 2.34. The van der Waals surface area contributed by atoms with Crippen LogP contribution in [0.2, 0.25) is 5.02 Å². The fourth-order valence-electron chi connectivity index (χ4n) is 4.55. The van der Waals surface area contributed by atoms with Gasteiger partial charge in [-0.1, -0.05) is 29.8 Å². The Labute approximate surface area is 246 Å². The van der Waals surface area contributed by atoms with Crippen LogP contribution in [-0.4, -0.2) is 22.7 Å². The maximum absolute atomic E-state index is 13.5. The van der Waals surface area contributed by atoms with Crippen LogP contribution in [0, 0.1) is 0 Å². The van der Waals surface area contributed by atoms with Crippen molar-refractivity contribution in [3.8, 4) is 28.8 Å². The second kappa shape index (κ2) is 10.4. The number of nitrogens with zero attached hydrogens (tertiary/aromatic N) is 3. The monoisotopic (exact) mass is 627 g/mol. The zero-order valence-corrected chi connectivity index (χ0v) is 23.6. The van der Waals surface area contributed by atoms with Gasteiger partial charge in [0.1, 0.15) is 17.9 Å². The second-order valence-corrected chi connectivity index (χ2v) is 10.6. The highest BCUT2D eigenvalue weighted by molar-refractivity contribution is 9.10. The Hall–Kier alpha value is -4.60. The van der Waals surface area contributed by atoms with Crippen molar-refractivity contribution in [1.82, 2.24) is 9.66 Å². The Balaban J connectivity index is 1.20. The molecule has 6 aromatic rings. The minimum absolute atomic E-state index is 0.226. The standard InChI is InChI=1S/C31H19BrClN3O5/c32-23-11-18(5-8-26(23)38-16-19-6-9-27-28(12-19)40-17-39-27)15-34-36-30(35-24-4-2-1-3-22(24)31(36)37)29-14-20-13-21(33)7-10-25(20)41-29/h1-15H,16-17H2. The van der Waals surface area contributed by atoms with Crippen molar-refractivity contribution in [3.63, 3.8) is 0 Å². The molecule has 4 aromatic carbocycles. The van der Waals surface area contributed by atoms with Gasteiger partial charge >= 0.3 is 0 Å². The van der Waals surface area contributed by atoms with Crippen molar-refractivity contribution >= 4 is 55.6 Å². The largest absolute Gasteiger partial charge is 0.488 e. The van der Waals surface area contributed by atoms with Gasteiger partial charge in [0.15, 0.2) is 17.3 Å². The van der Waals surface area contributed by atoms with Crippen LogP contribution < -0.4 is 19.8 Å². The second-order valence-electron chi connectivity index (χ2n) is 9.27. The Bertz CT molecular complexity index is 2050. The summed E-state index contributed by atoms with van der Waals surface area (Å²) in [6.07, 6.45) is 1.59. The summed E-state index contributed by atoms with van der Waals surface area (Å²) >= 11 is 9.74. The van der Waals surface area contributed by atoms with Gasteiger partial charge in [-0.25, -0.2) is 4.98 Å². The molecule has 202 valence electrons. The molecule has 0 bridgehead atoms. The van der Waals surface area contributed by atoms with Crippen LogP contribution in [0.3, 0.4) is 0 Å². The van der Waals surface area contributed by atoms with Gasteiger partial charge in [0.25, 0.3) is 5.56 Å². The summed E-state index contributed by atoms with van der Waals surface area (Å²) in [6, 6.07) is 25.5. The van der Waals surface area contributed by atoms with E-state index in [4.69, 9.17) is 35.2 Å². The Morgan fingerprint density at radius 2 is 1.88 bits per heavy atom. The lowest BCUT2D eigenvalue weighted by Gasteiger charge is -2.10. The molecule has 0 fully saturated rings. The van der Waals surface area contributed by atoms with E-state index in [1.54, 1.807) is 48.7 Å². The molecule has 41 heavy (non-hydrogen) atoms. The number of furan rings is 1. The summed E-state index contributed by atoms with van der Waals surface area (Å²) in [4.78, 5) is 18.2. The first kappa shape index (κ1) is 25.4. The summed E-state index contributed by atoms with van der Waals surface area (Å²) in [5, 5.41) is 6.36. The van der Waals surface area contributed by atoms with Crippen LogP contribution >= 0.6 is 27.5 Å². The fraction of sp³-hybridized carbons (Fsp3) is 0.0645. The SMILES string of the molecule is O=c1c2ccccc2nc(-c2cc3cc(Cl)ccc3o2)n1N=Cc1ccc(OCc2ccc3c(c2)OCO3)c(Br)c1. The Morgan fingerprint density at radius 3 is 2.78 bits per heavy atom. The van der Waals surface area contributed by atoms with Gasteiger partial charge in [-0.05, 0) is 93.8 Å². The van der Waals surface area contributed by atoms with Crippen LogP contribution in [0.1, 0.15) is 11.1 Å². The van der Waals surface area contributed by atoms with Gasteiger partial charge in [0.2, 0.25) is 12.6 Å². The zero-order chi connectivity index (χ0) is 27.9. The lowest BCUT2D eigenvalue weighted by atomic mass is 10.2. The molecule has 0 atom stereocenters. The molecule has 0 N–H and O–H groups in total. The van der Waals surface area contributed by atoms with E-state index in [-0.39, 0.29) is 18.2 Å². The van der Waals surface area contributed by atoms with Crippen molar-refractivity contribution in [3.05, 3.63) is 116 Å². The predicted octanol–water partition coefficient (Wildman–Crippen LogP) is 7.42. The maximum Gasteiger partial charge on any atom is 0.282 e. The van der Waals surface area contributed by atoms with E-state index in [0.717, 1.165) is 26.7 Å². The van der Waals surface area contributed by atoms with Gasteiger partial charge in [0.05, 0.1) is 21.6 Å². The number of para-hydroxylation sites is 1. The number of hydrogen-bond acceptors (Lipinski definition) is 7. The van der Waals surface area contributed by atoms with Crippen LogP contribution in [0.4, 0.5) is 0 Å². The fourth-order valence-corrected chi connectivity index (χ4v) is 5.24. The third kappa shape index (κ3) is 4.94. The number of halogens is 2. The molecule has 7 rings (SSSR count). The first-order valence-electron chi connectivity index (χ1n) is 12.6. The molecule has 0 radical (unpaired) electrons. The van der Waals surface area contributed by atoms with E-state index in [1.807, 2.05) is 42.5 Å². The van der Waals surface area contributed by atoms with Crippen molar-refractivity contribution in [2.45, 2.75) is 6.61 Å². The minimum atomic E-state index is -0.317. The Morgan fingerprint density at radius 1 is 1.00 bits per heavy atom. The van der Waals surface area contributed by atoms with E-state index in [0.29, 0.717) is 45.4 Å². The van der Waals surface area contributed by atoms with Crippen molar-refractivity contribution in [1.29, 1.82) is 0 Å². The Kier molecular flexibility index (Phi) is 6.45. The number of ether oxygens (including phenoxy) is 3. The molecule has 10 heteroatoms. The first-order valence-corrected chi connectivity index (χ1v) is 13.8. The van der Waals surface area contributed by atoms with Crippen LogP contribution in [0.15, 0.2) is 104 Å². The maximum atomic E-state index is 13.5. The topological polar surface area (TPSA) is 88.1 Å². The molecule has 2 aromatic heterocycles. The van der Waals surface area contributed by atoms with Gasteiger partial charge in [-0.3, -0.25) is 4.79 Å².